The molecule has 0 unspecified atom stereocenters. The number of hydrogen-bond donors (Lipinski definition) is 0. The van der Waals surface area contributed by atoms with Gasteiger partial charge < -0.3 is 4.74 Å². The summed E-state index contributed by atoms with van der Waals surface area (Å²) in [5.74, 6) is 0.193. The van der Waals surface area contributed by atoms with Crippen molar-refractivity contribution >= 4 is 33.0 Å². The van der Waals surface area contributed by atoms with Crippen LogP contribution in [0.1, 0.15) is 38.5 Å². The van der Waals surface area contributed by atoms with E-state index in [1.54, 1.807) is 11.3 Å². The highest BCUT2D eigenvalue weighted by Crippen LogP contribution is 2.27. The Morgan fingerprint density at radius 3 is 2.41 bits per heavy atom. The van der Waals surface area contributed by atoms with Crippen LogP contribution in [0.3, 0.4) is 0 Å². The third-order valence-electron chi connectivity index (χ3n) is 3.03. The molecule has 0 N–H and O–H groups in total. The van der Waals surface area contributed by atoms with Crippen molar-refractivity contribution in [3.8, 4) is 0 Å². The van der Waals surface area contributed by atoms with E-state index < -0.39 is 5.60 Å². The second-order valence-electron chi connectivity index (χ2n) is 3.94. The molecule has 0 radical (unpaired) electrons. The Labute approximate surface area is 115 Å². The monoisotopic (exact) mass is 318 g/mol. The predicted molar refractivity (Wildman–Crippen MR) is 75.7 cm³/mol. The summed E-state index contributed by atoms with van der Waals surface area (Å²) in [5.41, 5.74) is -0.592. The Kier molecular flexibility index (Phi) is 5.83. The molecule has 0 fully saturated rings. The van der Waals surface area contributed by atoms with Crippen molar-refractivity contribution in [3.05, 3.63) is 20.8 Å². The number of thiophene rings is 1. The van der Waals surface area contributed by atoms with Crippen LogP contribution < -0.4 is 0 Å². The Morgan fingerprint density at radius 2 is 2.00 bits per heavy atom. The van der Waals surface area contributed by atoms with Gasteiger partial charge in [-0.2, -0.15) is 0 Å². The van der Waals surface area contributed by atoms with E-state index in [4.69, 9.17) is 4.74 Å². The maximum absolute atomic E-state index is 12.4. The first-order valence-corrected chi connectivity index (χ1v) is 7.60. The minimum absolute atomic E-state index is 0.193. The van der Waals surface area contributed by atoms with Gasteiger partial charge in [-0.25, -0.2) is 0 Å². The Balaban J connectivity index is 2.78. The van der Waals surface area contributed by atoms with E-state index in [9.17, 15) is 4.79 Å². The number of rotatable bonds is 7. The largest absolute Gasteiger partial charge is 0.368 e. The number of ether oxygens (including phenoxy) is 1. The molecule has 1 rings (SSSR count). The fourth-order valence-electron chi connectivity index (χ4n) is 1.97. The maximum Gasteiger partial charge on any atom is 0.169 e. The summed E-state index contributed by atoms with van der Waals surface area (Å²) in [4.78, 5) is 13.5. The normalized spacial score (nSPS) is 11.8. The molecule has 4 heteroatoms. The van der Waals surface area contributed by atoms with Gasteiger partial charge in [-0.15, -0.1) is 11.3 Å². The van der Waals surface area contributed by atoms with Crippen molar-refractivity contribution in [2.24, 2.45) is 0 Å². The summed E-state index contributed by atoms with van der Waals surface area (Å²) in [6.45, 7) is 6.55. The third-order valence-corrected chi connectivity index (χ3v) is 4.66. The minimum atomic E-state index is -0.592. The smallest absolute Gasteiger partial charge is 0.169 e. The van der Waals surface area contributed by atoms with E-state index in [1.807, 2.05) is 32.9 Å². The first-order chi connectivity index (χ1) is 8.07. The lowest BCUT2D eigenvalue weighted by Crippen LogP contribution is -2.41. The highest BCUT2D eigenvalue weighted by Gasteiger charge is 2.35. The molecule has 0 aliphatic rings. The van der Waals surface area contributed by atoms with E-state index in [1.165, 1.54) is 0 Å². The Bertz CT molecular complexity index is 369. The first-order valence-electron chi connectivity index (χ1n) is 5.99. The molecule has 1 aromatic rings. The van der Waals surface area contributed by atoms with Crippen LogP contribution in [-0.4, -0.2) is 18.0 Å². The van der Waals surface area contributed by atoms with Crippen molar-refractivity contribution < 1.29 is 9.53 Å². The second kappa shape index (κ2) is 6.66. The molecule has 0 spiro atoms. The SMILES string of the molecule is CCOC(CC)(CC)C(=O)Cc1ccc(Br)s1. The van der Waals surface area contributed by atoms with E-state index >= 15 is 0 Å². The topological polar surface area (TPSA) is 26.3 Å². The van der Waals surface area contributed by atoms with E-state index in [0.717, 1.165) is 21.5 Å². The molecular weight excluding hydrogens is 300 g/mol. The maximum atomic E-state index is 12.4. The van der Waals surface area contributed by atoms with Gasteiger partial charge in [0.2, 0.25) is 0 Å². The van der Waals surface area contributed by atoms with Crippen LogP contribution in [0.15, 0.2) is 15.9 Å². The molecule has 0 bridgehead atoms. The number of hydrogen-bond acceptors (Lipinski definition) is 3. The van der Waals surface area contributed by atoms with Gasteiger partial charge in [0.15, 0.2) is 5.78 Å². The fraction of sp³-hybridized carbons (Fsp3) is 0.615. The van der Waals surface area contributed by atoms with Gasteiger partial charge in [-0.05, 0) is 47.8 Å². The van der Waals surface area contributed by atoms with Crippen molar-refractivity contribution in [2.45, 2.75) is 45.6 Å². The second-order valence-corrected chi connectivity index (χ2v) is 6.49. The molecular formula is C13H19BrO2S. The van der Waals surface area contributed by atoms with Gasteiger partial charge in [-0.1, -0.05) is 13.8 Å². The molecule has 0 aromatic carbocycles. The van der Waals surface area contributed by atoms with Crippen LogP contribution in [0.25, 0.3) is 0 Å². The fourth-order valence-corrected chi connectivity index (χ4v) is 3.45. The predicted octanol–water partition coefficient (Wildman–Crippen LogP) is 4.22. The molecule has 96 valence electrons. The van der Waals surface area contributed by atoms with Crippen LogP contribution in [0.5, 0.6) is 0 Å². The molecule has 17 heavy (non-hydrogen) atoms. The van der Waals surface area contributed by atoms with Gasteiger partial charge in [0.1, 0.15) is 5.60 Å². The summed E-state index contributed by atoms with van der Waals surface area (Å²) in [5, 5.41) is 0. The van der Waals surface area contributed by atoms with E-state index in [0.29, 0.717) is 13.0 Å². The van der Waals surface area contributed by atoms with Gasteiger partial charge >= 0.3 is 0 Å². The first kappa shape index (κ1) is 14.9. The Hall–Kier alpha value is -0.190. The van der Waals surface area contributed by atoms with Gasteiger partial charge in [0, 0.05) is 17.9 Å². The van der Waals surface area contributed by atoms with Crippen LogP contribution in [0.4, 0.5) is 0 Å². The zero-order valence-electron chi connectivity index (χ0n) is 10.6. The van der Waals surface area contributed by atoms with Crippen molar-refractivity contribution in [3.63, 3.8) is 0 Å². The van der Waals surface area contributed by atoms with Crippen molar-refractivity contribution in [1.82, 2.24) is 0 Å². The lowest BCUT2D eigenvalue weighted by molar-refractivity contribution is -0.144. The van der Waals surface area contributed by atoms with Crippen molar-refractivity contribution in [1.29, 1.82) is 0 Å². The summed E-state index contributed by atoms with van der Waals surface area (Å²) in [6, 6.07) is 3.97. The molecule has 0 aliphatic carbocycles. The number of Topliss-reactive ketones (excluding diaryl/α,β-unsaturated/α-hetero) is 1. The summed E-state index contributed by atoms with van der Waals surface area (Å²) in [7, 11) is 0. The molecule has 1 heterocycles. The molecule has 0 atom stereocenters. The van der Waals surface area contributed by atoms with Gasteiger partial charge in [0.05, 0.1) is 3.79 Å². The lowest BCUT2D eigenvalue weighted by Gasteiger charge is -2.29. The number of carbonyl (C=O) groups is 1. The number of carbonyl (C=O) groups excluding carboxylic acids is 1. The van der Waals surface area contributed by atoms with Gasteiger partial charge in [0.25, 0.3) is 0 Å². The summed E-state index contributed by atoms with van der Waals surface area (Å²) in [6.07, 6.45) is 1.95. The molecule has 1 aromatic heterocycles. The number of ketones is 1. The Morgan fingerprint density at radius 1 is 1.35 bits per heavy atom. The third kappa shape index (κ3) is 3.63. The van der Waals surface area contributed by atoms with E-state index in [-0.39, 0.29) is 5.78 Å². The van der Waals surface area contributed by atoms with E-state index in [2.05, 4.69) is 15.9 Å². The minimum Gasteiger partial charge on any atom is -0.368 e. The molecule has 0 saturated heterocycles. The molecule has 2 nitrogen and oxygen atoms in total. The molecule has 0 aliphatic heterocycles. The number of halogens is 1. The quantitative estimate of drug-likeness (QED) is 0.752. The van der Waals surface area contributed by atoms with Crippen LogP contribution >= 0.6 is 27.3 Å². The summed E-state index contributed by atoms with van der Waals surface area (Å²) < 4.78 is 6.78. The average molecular weight is 319 g/mol. The highest BCUT2D eigenvalue weighted by atomic mass is 79.9. The zero-order chi connectivity index (χ0) is 12.9. The van der Waals surface area contributed by atoms with Crippen LogP contribution in [-0.2, 0) is 16.0 Å². The molecule has 0 saturated carbocycles. The zero-order valence-corrected chi connectivity index (χ0v) is 13.0. The van der Waals surface area contributed by atoms with Crippen molar-refractivity contribution in [2.75, 3.05) is 6.61 Å². The van der Waals surface area contributed by atoms with Crippen LogP contribution in [0.2, 0.25) is 0 Å². The molecule has 0 amide bonds. The highest BCUT2D eigenvalue weighted by molar-refractivity contribution is 9.11. The van der Waals surface area contributed by atoms with Gasteiger partial charge in [-0.3, -0.25) is 4.79 Å². The standard InChI is InChI=1S/C13H19BrO2S/c1-4-13(5-2,16-6-3)11(15)9-10-7-8-12(14)17-10/h7-8H,4-6,9H2,1-3H3. The lowest BCUT2D eigenvalue weighted by atomic mass is 9.89. The van der Waals surface area contributed by atoms with Crippen LogP contribution in [0, 0.1) is 0 Å². The summed E-state index contributed by atoms with van der Waals surface area (Å²) >= 11 is 5.02. The average Bonchev–Trinajstić information content (AvgIpc) is 2.71.